The van der Waals surface area contributed by atoms with Crippen molar-refractivity contribution in [2.24, 2.45) is 0 Å². The molecule has 0 fully saturated rings. The smallest absolute Gasteiger partial charge is 0.341 e. The number of halogens is 1. The number of esters is 1. The molecule has 0 saturated heterocycles. The Morgan fingerprint density at radius 3 is 2.75 bits per heavy atom. The molecule has 1 N–H and O–H groups in total. The van der Waals surface area contributed by atoms with E-state index in [4.69, 9.17) is 4.74 Å². The number of amides is 1. The van der Waals surface area contributed by atoms with E-state index in [1.165, 1.54) is 30.2 Å². The fourth-order valence-electron chi connectivity index (χ4n) is 3.37. The van der Waals surface area contributed by atoms with E-state index in [-0.39, 0.29) is 24.3 Å². The Morgan fingerprint density at radius 2 is 2.07 bits per heavy atom. The molecule has 5 nitrogen and oxygen atoms in total. The van der Waals surface area contributed by atoms with Gasteiger partial charge in [0.2, 0.25) is 0 Å². The van der Waals surface area contributed by atoms with Crippen molar-refractivity contribution in [1.82, 2.24) is 4.90 Å². The van der Waals surface area contributed by atoms with E-state index in [2.05, 4.69) is 17.1 Å². The van der Waals surface area contributed by atoms with Crippen molar-refractivity contribution in [3.8, 4) is 0 Å². The predicted octanol–water partition coefficient (Wildman–Crippen LogP) is 4.70. The van der Waals surface area contributed by atoms with Crippen molar-refractivity contribution < 1.29 is 14.3 Å². The van der Waals surface area contributed by atoms with Crippen molar-refractivity contribution >= 4 is 52.4 Å². The number of thioether (sulfide) groups is 1. The zero-order chi connectivity index (χ0) is 19.4. The fourth-order valence-corrected chi connectivity index (χ4v) is 5.24. The van der Waals surface area contributed by atoms with Gasteiger partial charge in [0.1, 0.15) is 5.00 Å². The molecule has 28 heavy (non-hydrogen) atoms. The number of fused-ring (bicyclic) bond motifs is 1. The van der Waals surface area contributed by atoms with Crippen LogP contribution >= 0.6 is 35.5 Å². The molecule has 1 amide bonds. The van der Waals surface area contributed by atoms with E-state index in [1.54, 1.807) is 6.07 Å². The summed E-state index contributed by atoms with van der Waals surface area (Å²) in [5.74, 6) is -0.584. The van der Waals surface area contributed by atoms with Gasteiger partial charge in [-0.3, -0.25) is 9.69 Å². The largest absolute Gasteiger partial charge is 0.465 e. The first-order valence-corrected chi connectivity index (χ1v) is 11.0. The van der Waals surface area contributed by atoms with Crippen molar-refractivity contribution in [3.05, 3.63) is 45.8 Å². The molecular weight excluding hydrogens is 416 g/mol. The molecule has 1 aliphatic heterocycles. The highest BCUT2D eigenvalue weighted by atomic mass is 35.5. The van der Waals surface area contributed by atoms with Crippen LogP contribution in [-0.2, 0) is 17.7 Å². The lowest BCUT2D eigenvalue weighted by Crippen LogP contribution is -2.30. The molecule has 3 rings (SSSR count). The topological polar surface area (TPSA) is 58.6 Å². The van der Waals surface area contributed by atoms with Gasteiger partial charge in [0, 0.05) is 22.9 Å². The molecule has 2 aromatic rings. The van der Waals surface area contributed by atoms with Crippen molar-refractivity contribution in [2.75, 3.05) is 31.8 Å². The number of methoxy groups -OCH3 is 1. The Kier molecular flexibility index (Phi) is 8.37. The second kappa shape index (κ2) is 10.3. The van der Waals surface area contributed by atoms with Crippen molar-refractivity contribution in [3.63, 3.8) is 0 Å². The molecular formula is C20H25ClN2O3S2. The van der Waals surface area contributed by atoms with E-state index in [0.29, 0.717) is 16.1 Å². The van der Waals surface area contributed by atoms with E-state index in [1.807, 2.05) is 24.5 Å². The molecule has 1 aromatic carbocycles. The van der Waals surface area contributed by atoms with E-state index >= 15 is 0 Å². The van der Waals surface area contributed by atoms with Crippen LogP contribution in [0.25, 0.3) is 0 Å². The van der Waals surface area contributed by atoms with Gasteiger partial charge < -0.3 is 10.1 Å². The summed E-state index contributed by atoms with van der Waals surface area (Å²) in [5, 5.41) is 3.56. The van der Waals surface area contributed by atoms with Crippen molar-refractivity contribution in [2.45, 2.75) is 31.2 Å². The summed E-state index contributed by atoms with van der Waals surface area (Å²) in [5.41, 5.74) is 2.15. The number of hydrogen-bond acceptors (Lipinski definition) is 6. The van der Waals surface area contributed by atoms with Gasteiger partial charge in [-0.05, 0) is 43.3 Å². The number of ether oxygens (including phenoxy) is 1. The number of thiophene rings is 1. The minimum Gasteiger partial charge on any atom is -0.465 e. The molecule has 0 bridgehead atoms. The Bertz CT molecular complexity index is 854. The van der Waals surface area contributed by atoms with E-state index in [0.717, 1.165) is 47.8 Å². The van der Waals surface area contributed by atoms with E-state index < -0.39 is 0 Å². The maximum absolute atomic E-state index is 12.9. The van der Waals surface area contributed by atoms with Crippen LogP contribution in [0.5, 0.6) is 0 Å². The lowest BCUT2D eigenvalue weighted by Gasteiger charge is -2.26. The second-order valence-corrected chi connectivity index (χ2v) is 8.33. The average molecular weight is 441 g/mol. The molecule has 0 unspecified atom stereocenters. The first-order valence-electron chi connectivity index (χ1n) is 8.98. The Labute approximate surface area is 180 Å². The van der Waals surface area contributed by atoms with E-state index in [9.17, 15) is 9.59 Å². The number of rotatable bonds is 6. The zero-order valence-electron chi connectivity index (χ0n) is 16.2. The normalized spacial score (nSPS) is 13.4. The van der Waals surface area contributed by atoms with Crippen LogP contribution in [0.3, 0.4) is 0 Å². The quantitative estimate of drug-likeness (QED) is 0.521. The van der Waals surface area contributed by atoms with Gasteiger partial charge >= 0.3 is 5.97 Å². The summed E-state index contributed by atoms with van der Waals surface area (Å²) < 4.78 is 5.01. The van der Waals surface area contributed by atoms with Crippen LogP contribution < -0.4 is 5.32 Å². The lowest BCUT2D eigenvalue weighted by molar-refractivity contribution is 0.0600. The molecule has 0 atom stereocenters. The predicted molar refractivity (Wildman–Crippen MR) is 118 cm³/mol. The standard InChI is InChI=1S/C20H24N2O3S2.ClH/c1-4-10-22-11-9-13-16(12-22)27-19(17(13)20(24)25-2)21-18(23)14-7-5-6-8-15(14)26-3;/h5-8H,4,9-12H2,1-3H3,(H,21,23);1H. The van der Waals surface area contributed by atoms with Crippen LogP contribution in [0.4, 0.5) is 5.00 Å². The first-order chi connectivity index (χ1) is 13.1. The number of nitrogens with zero attached hydrogens (tertiary/aromatic N) is 1. The van der Waals surface area contributed by atoms with Gasteiger partial charge in [-0.25, -0.2) is 4.79 Å². The summed E-state index contributed by atoms with van der Waals surface area (Å²) in [6, 6.07) is 7.48. The Morgan fingerprint density at radius 1 is 1.32 bits per heavy atom. The molecule has 0 aliphatic carbocycles. The SMILES string of the molecule is CCCN1CCc2c(sc(NC(=O)c3ccccc3SC)c2C(=O)OC)C1.Cl. The Balaban J connectivity index is 0.00000280. The van der Waals surface area contributed by atoms with Crippen LogP contribution in [0.2, 0.25) is 0 Å². The zero-order valence-corrected chi connectivity index (χ0v) is 18.7. The molecule has 0 spiro atoms. The fraction of sp³-hybridized carbons (Fsp3) is 0.400. The first kappa shape index (κ1) is 22.7. The number of nitrogens with one attached hydrogen (secondary N) is 1. The highest BCUT2D eigenvalue weighted by Gasteiger charge is 2.29. The summed E-state index contributed by atoms with van der Waals surface area (Å²) in [6.45, 7) is 4.94. The molecule has 1 aliphatic rings. The molecule has 1 aromatic heterocycles. The highest BCUT2D eigenvalue weighted by molar-refractivity contribution is 7.98. The second-order valence-electron chi connectivity index (χ2n) is 6.38. The third-order valence-corrected chi connectivity index (χ3v) is 6.57. The summed E-state index contributed by atoms with van der Waals surface area (Å²) in [4.78, 5) is 29.7. The summed E-state index contributed by atoms with van der Waals surface area (Å²) in [6.07, 6.45) is 3.84. The summed E-state index contributed by atoms with van der Waals surface area (Å²) >= 11 is 3.02. The molecule has 2 heterocycles. The van der Waals surface area contributed by atoms with Gasteiger partial charge in [0.05, 0.1) is 18.2 Å². The van der Waals surface area contributed by atoms with Gasteiger partial charge in [0.25, 0.3) is 5.91 Å². The van der Waals surface area contributed by atoms with Crippen molar-refractivity contribution in [1.29, 1.82) is 0 Å². The van der Waals surface area contributed by atoms with Gasteiger partial charge in [-0.2, -0.15) is 0 Å². The number of carbonyl (C=O) groups is 2. The molecule has 0 radical (unpaired) electrons. The third kappa shape index (κ3) is 4.71. The number of anilines is 1. The monoisotopic (exact) mass is 440 g/mol. The summed E-state index contributed by atoms with van der Waals surface area (Å²) in [7, 11) is 1.38. The average Bonchev–Trinajstić information content (AvgIpc) is 3.04. The number of benzene rings is 1. The van der Waals surface area contributed by atoms with Gasteiger partial charge in [0.15, 0.2) is 0 Å². The number of hydrogen-bond donors (Lipinski definition) is 1. The minimum absolute atomic E-state index is 0. The van der Waals surface area contributed by atoms with Crippen LogP contribution in [0.1, 0.15) is 44.5 Å². The van der Waals surface area contributed by atoms with Crippen LogP contribution in [0, 0.1) is 0 Å². The molecule has 0 saturated carbocycles. The Hall–Kier alpha value is -1.54. The molecule has 152 valence electrons. The molecule has 8 heteroatoms. The maximum Gasteiger partial charge on any atom is 0.341 e. The third-order valence-electron chi connectivity index (χ3n) is 4.64. The van der Waals surface area contributed by atoms with Gasteiger partial charge in [-0.1, -0.05) is 19.1 Å². The van der Waals surface area contributed by atoms with Gasteiger partial charge in [-0.15, -0.1) is 35.5 Å². The van der Waals surface area contributed by atoms with Crippen LogP contribution in [-0.4, -0.2) is 43.2 Å². The lowest BCUT2D eigenvalue weighted by atomic mass is 10.0. The van der Waals surface area contributed by atoms with Crippen LogP contribution in [0.15, 0.2) is 29.2 Å². The number of carbonyl (C=O) groups excluding carboxylic acids is 2. The minimum atomic E-state index is -0.384. The maximum atomic E-state index is 12.9. The highest BCUT2D eigenvalue weighted by Crippen LogP contribution is 2.38.